The Hall–Kier alpha value is -6.23. The number of hydrogen-bond acceptors (Lipinski definition) is 10. The van der Waals surface area contributed by atoms with Crippen molar-refractivity contribution in [1.29, 1.82) is 0 Å². The number of benzene rings is 2. The van der Waals surface area contributed by atoms with Gasteiger partial charge in [0.2, 0.25) is 11.8 Å². The number of halogens is 2. The molecule has 3 saturated heterocycles. The number of pyridine rings is 2. The molecule has 3 N–H and O–H groups in total. The molecule has 5 aromatic rings. The molecule has 14 nitrogen and oxygen atoms in total. The summed E-state index contributed by atoms with van der Waals surface area (Å²) in [5.74, 6) is -1.17. The number of carbonyl (C=O) groups excluding carboxylic acids is 3. The Morgan fingerprint density at radius 2 is 1.67 bits per heavy atom. The number of imide groups is 1. The molecule has 0 spiro atoms. The fraction of sp³-hybridized carbons (Fsp3) is 0.431. The zero-order chi connectivity index (χ0) is 46.9. The third-order valence-electron chi connectivity index (χ3n) is 14.4. The predicted molar refractivity (Wildman–Crippen MR) is 256 cm³/mol. The molecule has 3 fully saturated rings. The molecule has 2 atom stereocenters. The molecule has 9 rings (SSSR count). The lowest BCUT2D eigenvalue weighted by molar-refractivity contribution is -0.133. The van der Waals surface area contributed by atoms with Gasteiger partial charge in [0.05, 0.1) is 11.4 Å². The normalized spacial score (nSPS) is 19.6. The summed E-state index contributed by atoms with van der Waals surface area (Å²) < 4.78 is 34.8. The van der Waals surface area contributed by atoms with Crippen LogP contribution in [-0.2, 0) is 23.2 Å². The summed E-state index contributed by atoms with van der Waals surface area (Å²) in [7, 11) is 3.79. The number of piperazine rings is 1. The lowest BCUT2D eigenvalue weighted by Gasteiger charge is -2.39. The van der Waals surface area contributed by atoms with Gasteiger partial charge < -0.3 is 25.0 Å². The topological polar surface area (TPSA) is 140 Å². The van der Waals surface area contributed by atoms with Crippen molar-refractivity contribution in [2.45, 2.75) is 64.6 Å². The summed E-state index contributed by atoms with van der Waals surface area (Å²) in [6, 6.07) is 15.2. The van der Waals surface area contributed by atoms with Gasteiger partial charge in [-0.2, -0.15) is 0 Å². The number of amides is 3. The van der Waals surface area contributed by atoms with Gasteiger partial charge in [0.25, 0.3) is 11.5 Å². The third kappa shape index (κ3) is 9.79. The largest absolute Gasteiger partial charge is 0.388 e. The number of nitrogens with zero attached hydrogens (tertiary/aromatic N) is 7. The smallest absolute Gasteiger partial charge is 0.257 e. The van der Waals surface area contributed by atoms with Crippen LogP contribution in [0.15, 0.2) is 77.9 Å². The zero-order valence-electron chi connectivity index (χ0n) is 38.8. The van der Waals surface area contributed by atoms with Crippen LogP contribution in [0.5, 0.6) is 0 Å². The van der Waals surface area contributed by atoms with Crippen LogP contribution < -0.4 is 21.5 Å². The van der Waals surface area contributed by atoms with Crippen molar-refractivity contribution < 1.29 is 23.2 Å². The minimum atomic E-state index is -0.636. The average molecular weight is 915 g/mol. The first-order valence-electron chi connectivity index (χ1n) is 23.5. The molecule has 3 amide bonds. The molecule has 352 valence electrons. The Bertz CT molecular complexity index is 2760. The van der Waals surface area contributed by atoms with E-state index in [9.17, 15) is 19.2 Å². The maximum absolute atomic E-state index is 16.1. The Labute approximate surface area is 389 Å². The van der Waals surface area contributed by atoms with Gasteiger partial charge in [0, 0.05) is 138 Å². The molecule has 16 heteroatoms. The predicted octanol–water partition coefficient (Wildman–Crippen LogP) is 6.09. The zero-order valence-corrected chi connectivity index (χ0v) is 38.8. The second-order valence-electron chi connectivity index (χ2n) is 18.6. The molecule has 0 radical (unpaired) electrons. The van der Waals surface area contributed by atoms with Crippen LogP contribution in [0.4, 0.5) is 20.2 Å². The summed E-state index contributed by atoms with van der Waals surface area (Å²) in [5, 5.41) is 9.14. The van der Waals surface area contributed by atoms with Crippen LogP contribution in [0.3, 0.4) is 0 Å². The maximum Gasteiger partial charge on any atom is 0.257 e. The van der Waals surface area contributed by atoms with Gasteiger partial charge in [-0.25, -0.2) is 13.8 Å². The number of carbonyl (C=O) groups is 3. The van der Waals surface area contributed by atoms with Crippen molar-refractivity contribution >= 4 is 45.7 Å². The van der Waals surface area contributed by atoms with E-state index in [1.54, 1.807) is 36.1 Å². The SMILES string of the molecule is CNc1ccn(-c2ccnc3c2cc([C@H](C)N2CC=C(c4c(C)cc(C(=O)N5CCC(CN6CCN(Cc7ccc(NC8CCC(=O)NC8=O)c(F)c7)CC6)CC5)cc4F)CC2)n3C)c(=O)c1. The molecule has 0 saturated carbocycles. The Balaban J connectivity index is 0.749. The number of piperidine rings is 2. The fourth-order valence-corrected chi connectivity index (χ4v) is 10.4. The van der Waals surface area contributed by atoms with Gasteiger partial charge in [-0.05, 0) is 105 Å². The van der Waals surface area contributed by atoms with Gasteiger partial charge in [-0.15, -0.1) is 0 Å². The van der Waals surface area contributed by atoms with Crippen LogP contribution >= 0.6 is 0 Å². The van der Waals surface area contributed by atoms with Gasteiger partial charge in [0.15, 0.2) is 0 Å². The van der Waals surface area contributed by atoms with Gasteiger partial charge in [-0.1, -0.05) is 12.1 Å². The number of anilines is 2. The molecular formula is C51H60F2N10O4. The van der Waals surface area contributed by atoms with E-state index in [0.29, 0.717) is 56.1 Å². The average Bonchev–Trinajstić information content (AvgIpc) is 3.67. The summed E-state index contributed by atoms with van der Waals surface area (Å²) in [4.78, 5) is 64.0. The van der Waals surface area contributed by atoms with Crippen molar-refractivity contribution in [2.24, 2.45) is 13.0 Å². The minimum absolute atomic E-state index is 0.0302. The highest BCUT2D eigenvalue weighted by Gasteiger charge is 2.30. The minimum Gasteiger partial charge on any atom is -0.388 e. The second kappa shape index (κ2) is 19.5. The molecule has 4 aliphatic heterocycles. The van der Waals surface area contributed by atoms with Crippen molar-refractivity contribution in [1.82, 2.24) is 39.0 Å². The number of hydrogen-bond donors (Lipinski definition) is 3. The molecular weight excluding hydrogens is 855 g/mol. The van der Waals surface area contributed by atoms with E-state index in [1.807, 2.05) is 43.1 Å². The van der Waals surface area contributed by atoms with E-state index < -0.39 is 17.8 Å². The Morgan fingerprint density at radius 3 is 2.36 bits per heavy atom. The van der Waals surface area contributed by atoms with Crippen molar-refractivity contribution in [2.75, 3.05) is 76.6 Å². The van der Waals surface area contributed by atoms with E-state index in [-0.39, 0.29) is 41.3 Å². The molecule has 67 heavy (non-hydrogen) atoms. The van der Waals surface area contributed by atoms with Crippen LogP contribution in [0.2, 0.25) is 0 Å². The first kappa shape index (κ1) is 45.9. The maximum atomic E-state index is 16.1. The van der Waals surface area contributed by atoms with Gasteiger partial charge in [-0.3, -0.25) is 38.9 Å². The van der Waals surface area contributed by atoms with E-state index in [2.05, 4.69) is 59.3 Å². The highest BCUT2D eigenvalue weighted by Crippen LogP contribution is 2.35. The van der Waals surface area contributed by atoms with E-state index in [4.69, 9.17) is 0 Å². The van der Waals surface area contributed by atoms with E-state index in [0.717, 1.165) is 96.9 Å². The van der Waals surface area contributed by atoms with E-state index in [1.165, 1.54) is 12.1 Å². The van der Waals surface area contributed by atoms with Crippen molar-refractivity contribution in [3.8, 4) is 5.69 Å². The Kier molecular flexibility index (Phi) is 13.4. The monoisotopic (exact) mass is 914 g/mol. The highest BCUT2D eigenvalue weighted by molar-refractivity contribution is 6.01. The summed E-state index contributed by atoms with van der Waals surface area (Å²) in [5.41, 5.74) is 7.07. The van der Waals surface area contributed by atoms with Crippen molar-refractivity contribution in [3.63, 3.8) is 0 Å². The molecule has 3 aromatic heterocycles. The second-order valence-corrected chi connectivity index (χ2v) is 18.6. The lowest BCUT2D eigenvalue weighted by Crippen LogP contribution is -2.48. The first-order valence-corrected chi connectivity index (χ1v) is 23.5. The number of rotatable bonds is 12. The number of aryl methyl sites for hydroxylation is 2. The number of likely N-dealkylation sites (tertiary alicyclic amines) is 1. The van der Waals surface area contributed by atoms with E-state index >= 15 is 8.78 Å². The lowest BCUT2D eigenvalue weighted by atomic mass is 9.92. The molecule has 0 bridgehead atoms. The van der Waals surface area contributed by atoms with Crippen LogP contribution in [0, 0.1) is 24.5 Å². The summed E-state index contributed by atoms with van der Waals surface area (Å²) in [6.07, 6.45) is 8.64. The van der Waals surface area contributed by atoms with Gasteiger partial charge >= 0.3 is 0 Å². The highest BCUT2D eigenvalue weighted by atomic mass is 19.1. The molecule has 4 aliphatic rings. The summed E-state index contributed by atoms with van der Waals surface area (Å²) >= 11 is 0. The summed E-state index contributed by atoms with van der Waals surface area (Å²) in [6.45, 7) is 11.9. The quantitative estimate of drug-likeness (QED) is 0.126. The van der Waals surface area contributed by atoms with Crippen molar-refractivity contribution in [3.05, 3.63) is 123 Å². The van der Waals surface area contributed by atoms with Gasteiger partial charge in [0.1, 0.15) is 23.3 Å². The standard InChI is InChI=1S/C51H60F2N10O4/c1-32-25-37(27-41(53)48(32)36-12-18-61(19-13-36)33(2)45-29-39-44(9-15-55-49(39)58(45)4)63-20-14-38(54-3)28-47(63)65)51(67)62-16-10-34(11-17-62)30-59-21-23-60(24-22-59)31-35-5-6-42(40(52)26-35)56-43-7-8-46(64)57-50(43)66/h5-6,9,12,14-15,20,25-29,33-34,43,54,56H,7-8,10-11,13,16-19,21-24,30-31H2,1-4H3,(H,57,64,66)/t33-,43?/m0/s1. The third-order valence-corrected chi connectivity index (χ3v) is 14.4. The number of aromatic nitrogens is 3. The molecule has 7 heterocycles. The first-order chi connectivity index (χ1) is 32.3. The van der Waals surface area contributed by atoms with Crippen LogP contribution in [-0.4, -0.2) is 123 Å². The number of nitrogens with one attached hydrogen (secondary N) is 3. The molecule has 2 aromatic carbocycles. The number of fused-ring (bicyclic) bond motifs is 1. The fourth-order valence-electron chi connectivity index (χ4n) is 10.4. The van der Waals surface area contributed by atoms with Crippen LogP contribution in [0.25, 0.3) is 22.3 Å². The Morgan fingerprint density at radius 1 is 0.896 bits per heavy atom. The molecule has 1 unspecified atom stereocenters. The van der Waals surface area contributed by atoms with Crippen LogP contribution in [0.1, 0.15) is 77.8 Å². The molecule has 0 aliphatic carbocycles.